The number of nitrogens with zero attached hydrogens (tertiary/aromatic N) is 1. The molecule has 1 unspecified atom stereocenters. The van der Waals surface area contributed by atoms with E-state index in [1.165, 1.54) is 0 Å². The number of hydrogen-bond donors (Lipinski definition) is 3. The van der Waals surface area contributed by atoms with Crippen LogP contribution in [0, 0.1) is 20.8 Å². The first-order chi connectivity index (χ1) is 9.93. The van der Waals surface area contributed by atoms with Crippen molar-refractivity contribution in [3.8, 4) is 5.75 Å². The Hall–Kier alpha value is -1.85. The zero-order valence-electron chi connectivity index (χ0n) is 12.9. The number of nitrogens with one attached hydrogen (secondary N) is 1. The molecule has 0 saturated heterocycles. The molecule has 2 aromatic rings. The SMILES string of the molecule is Cc1cc(C(C)NCc2c(CO)cnc(C)c2O)c(C)o1. The average Bonchev–Trinajstić information content (AvgIpc) is 2.79. The zero-order valence-corrected chi connectivity index (χ0v) is 12.9. The van der Waals surface area contributed by atoms with Crippen LogP contribution in [0.4, 0.5) is 0 Å². The first-order valence-corrected chi connectivity index (χ1v) is 7.01. The smallest absolute Gasteiger partial charge is 0.141 e. The van der Waals surface area contributed by atoms with E-state index in [1.807, 2.05) is 26.8 Å². The van der Waals surface area contributed by atoms with Gasteiger partial charge in [-0.15, -0.1) is 0 Å². The van der Waals surface area contributed by atoms with Gasteiger partial charge in [0.2, 0.25) is 0 Å². The Bertz CT molecular complexity index is 635. The summed E-state index contributed by atoms with van der Waals surface area (Å²) in [6, 6.07) is 2.10. The molecular formula is C16H22N2O3. The van der Waals surface area contributed by atoms with Gasteiger partial charge in [0.15, 0.2) is 0 Å². The molecule has 0 aliphatic heterocycles. The van der Waals surface area contributed by atoms with E-state index in [-0.39, 0.29) is 18.4 Å². The van der Waals surface area contributed by atoms with Crippen LogP contribution in [-0.2, 0) is 13.2 Å². The number of aromatic hydroxyl groups is 1. The Kier molecular flexibility index (Phi) is 4.65. The van der Waals surface area contributed by atoms with E-state index < -0.39 is 0 Å². The number of furan rings is 1. The fourth-order valence-corrected chi connectivity index (χ4v) is 2.46. The summed E-state index contributed by atoms with van der Waals surface area (Å²) in [6.45, 7) is 7.96. The summed E-state index contributed by atoms with van der Waals surface area (Å²) in [4.78, 5) is 4.06. The number of aromatic nitrogens is 1. The highest BCUT2D eigenvalue weighted by atomic mass is 16.3. The van der Waals surface area contributed by atoms with Gasteiger partial charge in [0.05, 0.1) is 12.3 Å². The molecule has 0 saturated carbocycles. The van der Waals surface area contributed by atoms with Crippen LogP contribution in [-0.4, -0.2) is 15.2 Å². The molecule has 0 radical (unpaired) electrons. The van der Waals surface area contributed by atoms with Crippen LogP contribution in [0.25, 0.3) is 0 Å². The molecule has 0 amide bonds. The fourth-order valence-electron chi connectivity index (χ4n) is 2.46. The van der Waals surface area contributed by atoms with Gasteiger partial charge in [0, 0.05) is 35.5 Å². The molecule has 2 heterocycles. The zero-order chi connectivity index (χ0) is 15.6. The maximum absolute atomic E-state index is 10.1. The minimum absolute atomic E-state index is 0.0851. The highest BCUT2D eigenvalue weighted by molar-refractivity contribution is 5.40. The molecule has 0 bridgehead atoms. The average molecular weight is 290 g/mol. The summed E-state index contributed by atoms with van der Waals surface area (Å²) >= 11 is 0. The second-order valence-corrected chi connectivity index (χ2v) is 5.33. The number of aryl methyl sites for hydroxylation is 3. The molecule has 114 valence electrons. The van der Waals surface area contributed by atoms with Crippen molar-refractivity contribution in [1.82, 2.24) is 10.3 Å². The molecule has 0 spiro atoms. The van der Waals surface area contributed by atoms with Crippen molar-refractivity contribution in [2.45, 2.75) is 46.9 Å². The molecule has 3 N–H and O–H groups in total. The van der Waals surface area contributed by atoms with Crippen molar-refractivity contribution >= 4 is 0 Å². The van der Waals surface area contributed by atoms with Crippen molar-refractivity contribution in [2.24, 2.45) is 0 Å². The summed E-state index contributed by atoms with van der Waals surface area (Å²) in [6.07, 6.45) is 1.60. The van der Waals surface area contributed by atoms with Crippen LogP contribution in [0.15, 0.2) is 16.7 Å². The van der Waals surface area contributed by atoms with Gasteiger partial charge >= 0.3 is 0 Å². The largest absolute Gasteiger partial charge is 0.506 e. The lowest BCUT2D eigenvalue weighted by molar-refractivity contribution is 0.278. The Morgan fingerprint density at radius 3 is 2.62 bits per heavy atom. The quantitative estimate of drug-likeness (QED) is 0.789. The van der Waals surface area contributed by atoms with E-state index in [0.717, 1.165) is 17.1 Å². The van der Waals surface area contributed by atoms with Gasteiger partial charge in [0.25, 0.3) is 0 Å². The summed E-state index contributed by atoms with van der Waals surface area (Å²) in [7, 11) is 0. The first-order valence-electron chi connectivity index (χ1n) is 7.01. The van der Waals surface area contributed by atoms with Gasteiger partial charge in [-0.2, -0.15) is 0 Å². The molecule has 0 aliphatic rings. The van der Waals surface area contributed by atoms with Gasteiger partial charge in [-0.25, -0.2) is 0 Å². The third-order valence-corrected chi connectivity index (χ3v) is 3.73. The number of aliphatic hydroxyl groups excluding tert-OH is 1. The van der Waals surface area contributed by atoms with Crippen LogP contribution in [0.3, 0.4) is 0 Å². The summed E-state index contributed by atoms with van der Waals surface area (Å²) in [5.74, 6) is 1.92. The van der Waals surface area contributed by atoms with Crippen molar-refractivity contribution in [2.75, 3.05) is 0 Å². The number of rotatable bonds is 5. The van der Waals surface area contributed by atoms with Crippen LogP contribution in [0.1, 0.15) is 46.9 Å². The fraction of sp³-hybridized carbons (Fsp3) is 0.438. The standard InChI is InChI=1S/C16H22N2O3/c1-9-5-14(12(4)21-9)10(2)18-7-15-13(8-19)6-17-11(3)16(15)20/h5-6,10,18-20H,7-8H2,1-4H3. The number of aliphatic hydroxyl groups is 1. The molecule has 0 aromatic carbocycles. The van der Waals surface area contributed by atoms with Crippen LogP contribution in [0.2, 0.25) is 0 Å². The lowest BCUT2D eigenvalue weighted by Crippen LogP contribution is -2.19. The van der Waals surface area contributed by atoms with Crippen LogP contribution in [0.5, 0.6) is 5.75 Å². The molecular weight excluding hydrogens is 268 g/mol. The predicted molar refractivity (Wildman–Crippen MR) is 80.0 cm³/mol. The second-order valence-electron chi connectivity index (χ2n) is 5.33. The van der Waals surface area contributed by atoms with Crippen LogP contribution >= 0.6 is 0 Å². The van der Waals surface area contributed by atoms with Crippen molar-refractivity contribution in [3.63, 3.8) is 0 Å². The second kappa shape index (κ2) is 6.28. The molecule has 21 heavy (non-hydrogen) atoms. The molecule has 1 atom stereocenters. The Balaban J connectivity index is 2.16. The maximum atomic E-state index is 10.1. The highest BCUT2D eigenvalue weighted by Crippen LogP contribution is 2.26. The Morgan fingerprint density at radius 2 is 2.05 bits per heavy atom. The van der Waals surface area contributed by atoms with Crippen molar-refractivity contribution in [3.05, 3.63) is 46.2 Å². The minimum Gasteiger partial charge on any atom is -0.506 e. The summed E-state index contributed by atoms with van der Waals surface area (Å²) in [5.41, 5.74) is 2.99. The van der Waals surface area contributed by atoms with E-state index >= 15 is 0 Å². The summed E-state index contributed by atoms with van der Waals surface area (Å²) < 4.78 is 5.54. The predicted octanol–water partition coefficient (Wildman–Crippen LogP) is 2.65. The molecule has 2 rings (SSSR count). The minimum atomic E-state index is -0.143. The molecule has 0 aliphatic carbocycles. The van der Waals surface area contributed by atoms with Crippen molar-refractivity contribution < 1.29 is 14.6 Å². The third-order valence-electron chi connectivity index (χ3n) is 3.73. The molecule has 5 heteroatoms. The molecule has 5 nitrogen and oxygen atoms in total. The monoisotopic (exact) mass is 290 g/mol. The van der Waals surface area contributed by atoms with Gasteiger partial charge in [0.1, 0.15) is 17.3 Å². The first kappa shape index (κ1) is 15.5. The van der Waals surface area contributed by atoms with E-state index in [0.29, 0.717) is 23.4 Å². The molecule has 2 aromatic heterocycles. The van der Waals surface area contributed by atoms with Gasteiger partial charge in [-0.05, 0) is 33.8 Å². The van der Waals surface area contributed by atoms with E-state index in [1.54, 1.807) is 13.1 Å². The van der Waals surface area contributed by atoms with Gasteiger partial charge in [-0.3, -0.25) is 4.98 Å². The lowest BCUT2D eigenvalue weighted by atomic mass is 10.1. The highest BCUT2D eigenvalue weighted by Gasteiger charge is 2.15. The Morgan fingerprint density at radius 1 is 1.33 bits per heavy atom. The summed E-state index contributed by atoms with van der Waals surface area (Å²) in [5, 5.41) is 22.8. The number of pyridine rings is 1. The van der Waals surface area contributed by atoms with E-state index in [4.69, 9.17) is 4.42 Å². The lowest BCUT2D eigenvalue weighted by Gasteiger charge is -2.16. The number of hydrogen-bond acceptors (Lipinski definition) is 5. The van der Waals surface area contributed by atoms with Crippen molar-refractivity contribution in [1.29, 1.82) is 0 Å². The maximum Gasteiger partial charge on any atom is 0.141 e. The van der Waals surface area contributed by atoms with Crippen LogP contribution < -0.4 is 5.32 Å². The van der Waals surface area contributed by atoms with Gasteiger partial charge in [-0.1, -0.05) is 0 Å². The van der Waals surface area contributed by atoms with E-state index in [2.05, 4.69) is 10.3 Å². The Labute approximate surface area is 124 Å². The molecule has 0 fully saturated rings. The van der Waals surface area contributed by atoms with Gasteiger partial charge < -0.3 is 19.9 Å². The topological polar surface area (TPSA) is 78.5 Å². The third kappa shape index (κ3) is 3.25. The normalized spacial score (nSPS) is 12.6. The van der Waals surface area contributed by atoms with E-state index in [9.17, 15) is 10.2 Å².